The second-order valence-electron chi connectivity index (χ2n) is 5.84. The van der Waals surface area contributed by atoms with Crippen LogP contribution in [-0.2, 0) is 0 Å². The minimum Gasteiger partial charge on any atom is -0.393 e. The van der Waals surface area contributed by atoms with Gasteiger partial charge in [-0.05, 0) is 25.2 Å². The first kappa shape index (κ1) is 14.8. The zero-order valence-corrected chi connectivity index (χ0v) is 12.4. The summed E-state index contributed by atoms with van der Waals surface area (Å²) in [5.74, 6) is 0.693. The minimum absolute atomic E-state index is 0.229. The van der Waals surface area contributed by atoms with Crippen molar-refractivity contribution in [1.82, 2.24) is 10.5 Å². The van der Waals surface area contributed by atoms with Gasteiger partial charge in [0.15, 0.2) is 11.5 Å². The molecule has 0 aliphatic heterocycles. The Morgan fingerprint density at radius 1 is 1.32 bits per heavy atom. The van der Waals surface area contributed by atoms with Crippen molar-refractivity contribution in [2.24, 2.45) is 5.92 Å². The molecule has 3 rings (SSSR count). The molecular weight excluding hydrogens is 280 g/mol. The van der Waals surface area contributed by atoms with Gasteiger partial charge < -0.3 is 14.9 Å². The van der Waals surface area contributed by atoms with Crippen molar-refractivity contribution < 1.29 is 14.4 Å². The molecule has 1 fully saturated rings. The lowest BCUT2D eigenvalue weighted by Crippen LogP contribution is -2.33. The van der Waals surface area contributed by atoms with Gasteiger partial charge >= 0.3 is 0 Å². The van der Waals surface area contributed by atoms with Crippen LogP contribution in [0.5, 0.6) is 0 Å². The number of benzene rings is 1. The third-order valence-electron chi connectivity index (χ3n) is 4.11. The van der Waals surface area contributed by atoms with Gasteiger partial charge in [-0.3, -0.25) is 4.79 Å². The number of nitrogens with zero attached hydrogens (tertiary/aromatic N) is 1. The number of nitrogens with one attached hydrogen (secondary N) is 1. The van der Waals surface area contributed by atoms with Crippen molar-refractivity contribution in [2.75, 3.05) is 6.54 Å². The second-order valence-corrected chi connectivity index (χ2v) is 5.84. The first-order valence-corrected chi connectivity index (χ1v) is 7.71. The van der Waals surface area contributed by atoms with E-state index in [1.54, 1.807) is 6.07 Å². The molecule has 1 aliphatic carbocycles. The molecule has 1 aromatic heterocycles. The van der Waals surface area contributed by atoms with Gasteiger partial charge in [-0.2, -0.15) is 0 Å². The van der Waals surface area contributed by atoms with Crippen molar-refractivity contribution >= 4 is 5.91 Å². The third-order valence-corrected chi connectivity index (χ3v) is 4.11. The van der Waals surface area contributed by atoms with Crippen molar-refractivity contribution in [3.05, 3.63) is 42.1 Å². The molecule has 2 N–H and O–H groups in total. The van der Waals surface area contributed by atoms with Gasteiger partial charge in [0, 0.05) is 18.2 Å². The lowest BCUT2D eigenvalue weighted by atomic mass is 9.87. The zero-order valence-electron chi connectivity index (χ0n) is 12.4. The molecule has 5 heteroatoms. The average Bonchev–Trinajstić information content (AvgIpc) is 3.04. The molecule has 5 nitrogen and oxygen atoms in total. The van der Waals surface area contributed by atoms with E-state index in [-0.39, 0.29) is 17.7 Å². The van der Waals surface area contributed by atoms with Crippen LogP contribution in [0.25, 0.3) is 11.3 Å². The number of rotatable bonds is 4. The Morgan fingerprint density at radius 2 is 2.14 bits per heavy atom. The predicted octanol–water partition coefficient (Wildman–Crippen LogP) is 2.62. The van der Waals surface area contributed by atoms with Crippen molar-refractivity contribution in [2.45, 2.75) is 31.8 Å². The Bertz CT molecular complexity index is 624. The van der Waals surface area contributed by atoms with E-state index in [1.165, 1.54) is 0 Å². The Kier molecular flexibility index (Phi) is 4.53. The fourth-order valence-corrected chi connectivity index (χ4v) is 2.90. The van der Waals surface area contributed by atoms with Crippen LogP contribution >= 0.6 is 0 Å². The highest BCUT2D eigenvalue weighted by Crippen LogP contribution is 2.24. The molecule has 0 spiro atoms. The Morgan fingerprint density at radius 3 is 2.91 bits per heavy atom. The fraction of sp³-hybridized carbons (Fsp3) is 0.412. The summed E-state index contributed by atoms with van der Waals surface area (Å²) in [4.78, 5) is 12.1. The van der Waals surface area contributed by atoms with Gasteiger partial charge in [0.25, 0.3) is 5.91 Å². The highest BCUT2D eigenvalue weighted by molar-refractivity contribution is 5.93. The fourth-order valence-electron chi connectivity index (χ4n) is 2.90. The summed E-state index contributed by atoms with van der Waals surface area (Å²) < 4.78 is 5.23. The van der Waals surface area contributed by atoms with E-state index in [0.29, 0.717) is 18.2 Å². The Labute approximate surface area is 129 Å². The number of aliphatic hydroxyl groups excluding tert-OH is 1. The molecule has 1 heterocycles. The average molecular weight is 300 g/mol. The van der Waals surface area contributed by atoms with Crippen LogP contribution in [-0.4, -0.2) is 28.8 Å². The molecule has 1 aromatic carbocycles. The molecule has 0 bridgehead atoms. The quantitative estimate of drug-likeness (QED) is 0.910. The van der Waals surface area contributed by atoms with Crippen LogP contribution < -0.4 is 5.32 Å². The topological polar surface area (TPSA) is 75.4 Å². The van der Waals surface area contributed by atoms with E-state index >= 15 is 0 Å². The van der Waals surface area contributed by atoms with Gasteiger partial charge in [0.1, 0.15) is 0 Å². The highest BCUT2D eigenvalue weighted by atomic mass is 16.5. The minimum atomic E-state index is -0.231. The summed E-state index contributed by atoms with van der Waals surface area (Å²) in [7, 11) is 0. The molecule has 116 valence electrons. The molecule has 0 saturated heterocycles. The van der Waals surface area contributed by atoms with E-state index in [1.807, 2.05) is 30.3 Å². The highest BCUT2D eigenvalue weighted by Gasteiger charge is 2.21. The van der Waals surface area contributed by atoms with Gasteiger partial charge in [-0.25, -0.2) is 0 Å². The molecule has 1 aliphatic rings. The largest absolute Gasteiger partial charge is 0.393 e. The van der Waals surface area contributed by atoms with Crippen molar-refractivity contribution in [1.29, 1.82) is 0 Å². The summed E-state index contributed by atoms with van der Waals surface area (Å²) >= 11 is 0. The first-order chi connectivity index (χ1) is 10.7. The van der Waals surface area contributed by atoms with E-state index < -0.39 is 0 Å². The summed E-state index contributed by atoms with van der Waals surface area (Å²) in [5.41, 5.74) is 1.18. The maximum absolute atomic E-state index is 12.1. The Balaban J connectivity index is 1.58. The number of carbonyl (C=O) groups excluding carboxylic acids is 1. The molecule has 2 atom stereocenters. The standard InChI is InChI=1S/C17H20N2O3/c20-14-8-4-5-12(9-14)11-18-17(21)15-10-16(22-19-15)13-6-2-1-3-7-13/h1-3,6-7,10,12,14,20H,4-5,8-9,11H2,(H,18,21). The van der Waals surface area contributed by atoms with Gasteiger partial charge in [0.2, 0.25) is 0 Å². The van der Waals surface area contributed by atoms with E-state index in [4.69, 9.17) is 4.52 Å². The van der Waals surface area contributed by atoms with Gasteiger partial charge in [0.05, 0.1) is 6.10 Å². The summed E-state index contributed by atoms with van der Waals surface area (Å²) in [5, 5.41) is 16.4. The number of hydrogen-bond donors (Lipinski definition) is 2. The van der Waals surface area contributed by atoms with Crippen molar-refractivity contribution in [3.63, 3.8) is 0 Å². The third kappa shape index (κ3) is 3.54. The molecular formula is C17H20N2O3. The first-order valence-electron chi connectivity index (χ1n) is 7.71. The lowest BCUT2D eigenvalue weighted by Gasteiger charge is -2.25. The number of hydrogen-bond acceptors (Lipinski definition) is 4. The molecule has 1 amide bonds. The van der Waals surface area contributed by atoms with Crippen LogP contribution in [0.4, 0.5) is 0 Å². The lowest BCUT2D eigenvalue weighted by molar-refractivity contribution is 0.0867. The summed E-state index contributed by atoms with van der Waals surface area (Å²) in [6.07, 6.45) is 3.46. The zero-order chi connectivity index (χ0) is 15.4. The normalized spacial score (nSPS) is 21.5. The van der Waals surface area contributed by atoms with Crippen LogP contribution in [0.2, 0.25) is 0 Å². The SMILES string of the molecule is O=C(NCC1CCCC(O)C1)c1cc(-c2ccccc2)on1. The molecule has 2 aromatic rings. The molecule has 2 unspecified atom stereocenters. The van der Waals surface area contributed by atoms with Gasteiger partial charge in [-0.1, -0.05) is 41.9 Å². The summed E-state index contributed by atoms with van der Waals surface area (Å²) in [6, 6.07) is 11.2. The number of carbonyl (C=O) groups is 1. The van der Waals surface area contributed by atoms with E-state index in [0.717, 1.165) is 31.2 Å². The maximum atomic E-state index is 12.1. The van der Waals surface area contributed by atoms with Gasteiger partial charge in [-0.15, -0.1) is 0 Å². The number of amides is 1. The molecule has 1 saturated carbocycles. The number of aliphatic hydroxyl groups is 1. The van der Waals surface area contributed by atoms with Crippen LogP contribution in [0, 0.1) is 5.92 Å². The second kappa shape index (κ2) is 6.75. The maximum Gasteiger partial charge on any atom is 0.273 e. The molecule has 22 heavy (non-hydrogen) atoms. The van der Waals surface area contributed by atoms with E-state index in [2.05, 4.69) is 10.5 Å². The monoisotopic (exact) mass is 300 g/mol. The van der Waals surface area contributed by atoms with Crippen LogP contribution in [0.1, 0.15) is 36.2 Å². The van der Waals surface area contributed by atoms with Crippen molar-refractivity contribution in [3.8, 4) is 11.3 Å². The Hall–Kier alpha value is -2.14. The number of aromatic nitrogens is 1. The predicted molar refractivity (Wildman–Crippen MR) is 82.2 cm³/mol. The van der Waals surface area contributed by atoms with Crippen LogP contribution in [0.3, 0.4) is 0 Å². The summed E-state index contributed by atoms with van der Waals surface area (Å²) in [6.45, 7) is 0.573. The van der Waals surface area contributed by atoms with Crippen LogP contribution in [0.15, 0.2) is 40.9 Å². The van der Waals surface area contributed by atoms with E-state index in [9.17, 15) is 9.90 Å². The smallest absolute Gasteiger partial charge is 0.273 e. The molecule has 0 radical (unpaired) electrons.